The van der Waals surface area contributed by atoms with Crippen molar-refractivity contribution < 1.29 is 19.4 Å². The first-order valence-electron chi connectivity index (χ1n) is 9.49. The highest BCUT2D eigenvalue weighted by Gasteiger charge is 2.11. The number of aromatic carboxylic acids is 1. The van der Waals surface area contributed by atoms with E-state index in [4.69, 9.17) is 9.84 Å². The second-order valence-corrected chi connectivity index (χ2v) is 6.86. The van der Waals surface area contributed by atoms with Gasteiger partial charge in [-0.3, -0.25) is 4.79 Å². The SMILES string of the molecule is Cc1cccc(COc2ccc(/C=C(/C#N)C(=O)Nc3cccc(C(=O)O)c3)cc2)c1. The number of benzene rings is 3. The van der Waals surface area contributed by atoms with E-state index < -0.39 is 11.9 Å². The minimum Gasteiger partial charge on any atom is -0.489 e. The van der Waals surface area contributed by atoms with E-state index in [0.29, 0.717) is 23.6 Å². The predicted molar refractivity (Wildman–Crippen MR) is 118 cm³/mol. The van der Waals surface area contributed by atoms with Crippen LogP contribution in [0.2, 0.25) is 0 Å². The highest BCUT2D eigenvalue weighted by molar-refractivity contribution is 6.10. The fourth-order valence-corrected chi connectivity index (χ4v) is 2.87. The summed E-state index contributed by atoms with van der Waals surface area (Å²) in [4.78, 5) is 23.5. The van der Waals surface area contributed by atoms with Crippen LogP contribution in [-0.2, 0) is 11.4 Å². The van der Waals surface area contributed by atoms with Gasteiger partial charge in [0.2, 0.25) is 0 Å². The molecule has 0 bridgehead atoms. The molecular weight excluding hydrogens is 392 g/mol. The number of aryl methyl sites for hydroxylation is 1. The van der Waals surface area contributed by atoms with Crippen molar-refractivity contribution in [1.29, 1.82) is 5.26 Å². The third-order valence-corrected chi connectivity index (χ3v) is 4.41. The minimum absolute atomic E-state index is 0.0431. The van der Waals surface area contributed by atoms with E-state index in [1.54, 1.807) is 30.3 Å². The van der Waals surface area contributed by atoms with Gasteiger partial charge in [0, 0.05) is 5.69 Å². The van der Waals surface area contributed by atoms with Crippen molar-refractivity contribution in [2.24, 2.45) is 0 Å². The largest absolute Gasteiger partial charge is 0.489 e. The van der Waals surface area contributed by atoms with Gasteiger partial charge in [-0.05, 0) is 54.5 Å². The summed E-state index contributed by atoms with van der Waals surface area (Å²) in [5.74, 6) is -1.05. The average Bonchev–Trinajstić information content (AvgIpc) is 2.77. The van der Waals surface area contributed by atoms with Crippen LogP contribution in [0.5, 0.6) is 5.75 Å². The topological polar surface area (TPSA) is 99.4 Å². The van der Waals surface area contributed by atoms with Crippen molar-refractivity contribution in [3.63, 3.8) is 0 Å². The fraction of sp³-hybridized carbons (Fsp3) is 0.0800. The van der Waals surface area contributed by atoms with E-state index in [1.807, 2.05) is 31.2 Å². The molecule has 3 aromatic rings. The zero-order valence-corrected chi connectivity index (χ0v) is 16.8. The van der Waals surface area contributed by atoms with Crippen LogP contribution in [0.15, 0.2) is 78.4 Å². The molecule has 0 spiro atoms. The number of amides is 1. The molecule has 0 radical (unpaired) electrons. The molecule has 3 aromatic carbocycles. The van der Waals surface area contributed by atoms with Crippen molar-refractivity contribution in [3.05, 3.63) is 101 Å². The Kier molecular flexibility index (Phi) is 6.82. The lowest BCUT2D eigenvalue weighted by Gasteiger charge is -2.08. The van der Waals surface area contributed by atoms with Crippen molar-refractivity contribution in [3.8, 4) is 11.8 Å². The van der Waals surface area contributed by atoms with Crippen LogP contribution in [0.4, 0.5) is 5.69 Å². The number of carbonyl (C=O) groups is 2. The van der Waals surface area contributed by atoms with Gasteiger partial charge < -0.3 is 15.2 Å². The zero-order valence-electron chi connectivity index (χ0n) is 16.8. The molecule has 3 rings (SSSR count). The van der Waals surface area contributed by atoms with Crippen molar-refractivity contribution in [2.45, 2.75) is 13.5 Å². The van der Waals surface area contributed by atoms with E-state index in [1.165, 1.54) is 29.8 Å². The maximum atomic E-state index is 12.4. The molecule has 2 N–H and O–H groups in total. The molecule has 0 saturated carbocycles. The Morgan fingerprint density at radius 3 is 2.48 bits per heavy atom. The summed E-state index contributed by atoms with van der Waals surface area (Å²) in [6, 6.07) is 22.8. The van der Waals surface area contributed by atoms with Gasteiger partial charge in [-0.25, -0.2) is 4.79 Å². The van der Waals surface area contributed by atoms with Crippen LogP contribution < -0.4 is 10.1 Å². The molecule has 0 aliphatic heterocycles. The van der Waals surface area contributed by atoms with E-state index in [-0.39, 0.29) is 11.1 Å². The number of carboxylic acid groups (broad SMARTS) is 1. The lowest BCUT2D eigenvalue weighted by Crippen LogP contribution is -2.13. The predicted octanol–water partition coefficient (Wildman–Crippen LogP) is 4.82. The lowest BCUT2D eigenvalue weighted by atomic mass is 10.1. The Labute approximate surface area is 180 Å². The first-order chi connectivity index (χ1) is 14.9. The maximum absolute atomic E-state index is 12.4. The lowest BCUT2D eigenvalue weighted by molar-refractivity contribution is -0.112. The first kappa shape index (κ1) is 21.3. The summed E-state index contributed by atoms with van der Waals surface area (Å²) in [7, 11) is 0. The molecule has 31 heavy (non-hydrogen) atoms. The summed E-state index contributed by atoms with van der Waals surface area (Å²) in [5.41, 5.74) is 3.13. The molecule has 0 unspecified atom stereocenters. The molecule has 0 fully saturated rings. The summed E-state index contributed by atoms with van der Waals surface area (Å²) in [6.07, 6.45) is 1.46. The van der Waals surface area contributed by atoms with E-state index in [2.05, 4.69) is 11.4 Å². The number of hydrogen-bond acceptors (Lipinski definition) is 4. The molecular formula is C25H20N2O4. The van der Waals surface area contributed by atoms with Crippen LogP contribution in [-0.4, -0.2) is 17.0 Å². The van der Waals surface area contributed by atoms with Crippen LogP contribution in [0.3, 0.4) is 0 Å². The molecule has 0 atom stereocenters. The van der Waals surface area contributed by atoms with E-state index >= 15 is 0 Å². The number of carboxylic acids is 1. The number of nitrogens with zero attached hydrogens (tertiary/aromatic N) is 1. The molecule has 0 heterocycles. The Hall–Kier alpha value is -4.37. The van der Waals surface area contributed by atoms with Crippen LogP contribution in [0, 0.1) is 18.3 Å². The molecule has 0 saturated heterocycles. The summed E-state index contributed by atoms with van der Waals surface area (Å²) >= 11 is 0. The normalized spacial score (nSPS) is 10.8. The highest BCUT2D eigenvalue weighted by Crippen LogP contribution is 2.18. The second-order valence-electron chi connectivity index (χ2n) is 6.86. The van der Waals surface area contributed by atoms with Crippen LogP contribution in [0.1, 0.15) is 27.0 Å². The number of hydrogen-bond donors (Lipinski definition) is 2. The second kappa shape index (κ2) is 9.90. The summed E-state index contributed by atoms with van der Waals surface area (Å²) < 4.78 is 5.78. The fourth-order valence-electron chi connectivity index (χ4n) is 2.87. The quantitative estimate of drug-likeness (QED) is 0.428. The van der Waals surface area contributed by atoms with Gasteiger partial charge in [-0.15, -0.1) is 0 Å². The number of nitrogens with one attached hydrogen (secondary N) is 1. The van der Waals surface area contributed by atoms with Crippen molar-refractivity contribution >= 4 is 23.6 Å². The van der Waals surface area contributed by atoms with Gasteiger partial charge in [-0.1, -0.05) is 48.0 Å². The Morgan fingerprint density at radius 1 is 1.06 bits per heavy atom. The van der Waals surface area contributed by atoms with Gasteiger partial charge in [0.25, 0.3) is 5.91 Å². The maximum Gasteiger partial charge on any atom is 0.335 e. The standard InChI is InChI=1S/C25H20N2O4/c1-17-4-2-5-19(12-17)16-31-23-10-8-18(9-11-23)13-21(15-26)24(28)27-22-7-3-6-20(14-22)25(29)30/h2-14H,16H2,1H3,(H,27,28)(H,29,30)/b21-13-. The van der Waals surface area contributed by atoms with Gasteiger partial charge >= 0.3 is 5.97 Å². The van der Waals surface area contributed by atoms with Gasteiger partial charge in [0.1, 0.15) is 24.0 Å². The van der Waals surface area contributed by atoms with Crippen molar-refractivity contribution in [2.75, 3.05) is 5.32 Å². The molecule has 154 valence electrons. The number of ether oxygens (including phenoxy) is 1. The number of carbonyl (C=O) groups excluding carboxylic acids is 1. The Morgan fingerprint density at radius 2 is 1.81 bits per heavy atom. The molecule has 0 aromatic heterocycles. The summed E-state index contributed by atoms with van der Waals surface area (Å²) in [6.45, 7) is 2.47. The molecule has 0 aliphatic rings. The smallest absolute Gasteiger partial charge is 0.335 e. The Bertz CT molecular complexity index is 1170. The molecule has 6 nitrogen and oxygen atoms in total. The monoisotopic (exact) mass is 412 g/mol. The molecule has 6 heteroatoms. The summed E-state index contributed by atoms with van der Waals surface area (Å²) in [5, 5.41) is 21.0. The number of anilines is 1. The third kappa shape index (κ3) is 6.05. The third-order valence-electron chi connectivity index (χ3n) is 4.41. The molecule has 1 amide bonds. The van der Waals surface area contributed by atoms with Gasteiger partial charge in [0.15, 0.2) is 0 Å². The Balaban J connectivity index is 1.66. The van der Waals surface area contributed by atoms with Gasteiger partial charge in [-0.2, -0.15) is 5.26 Å². The molecule has 0 aliphatic carbocycles. The van der Waals surface area contributed by atoms with E-state index in [9.17, 15) is 14.9 Å². The highest BCUT2D eigenvalue weighted by atomic mass is 16.5. The van der Waals surface area contributed by atoms with Gasteiger partial charge in [0.05, 0.1) is 5.56 Å². The zero-order chi connectivity index (χ0) is 22.2. The first-order valence-corrected chi connectivity index (χ1v) is 9.49. The van der Waals surface area contributed by atoms with Crippen LogP contribution >= 0.6 is 0 Å². The van der Waals surface area contributed by atoms with Crippen LogP contribution in [0.25, 0.3) is 6.08 Å². The number of nitriles is 1. The van der Waals surface area contributed by atoms with Crippen molar-refractivity contribution in [1.82, 2.24) is 0 Å². The number of rotatable bonds is 7. The average molecular weight is 412 g/mol. The van der Waals surface area contributed by atoms with E-state index in [0.717, 1.165) is 5.56 Å². The minimum atomic E-state index is -1.10.